The van der Waals surface area contributed by atoms with Gasteiger partial charge in [-0.25, -0.2) is 8.10 Å². The highest BCUT2D eigenvalue weighted by atomic mass is 32.2. The standard InChI is InChI=1S/C24H29N3O4S/c1-3-5-15-27(32(30)31,16-6-4-2)19-12-14-22(28)21(17-19)25-26-24-20-10-8-7-9-18(20)11-13-23(24)29/h7-14,17H,3-6,15-16H2,1-2H3,(H2-,25,26,28,29,30,31). The Balaban J connectivity index is 2.06. The first kappa shape index (κ1) is 23.8. The highest BCUT2D eigenvalue weighted by Gasteiger charge is 2.32. The molecule has 3 rings (SSSR count). The quantitative estimate of drug-likeness (QED) is 0.210. The Kier molecular flexibility index (Phi) is 7.95. The third kappa shape index (κ3) is 4.98. The number of rotatable bonds is 10. The first-order chi connectivity index (χ1) is 15.4. The molecular weight excluding hydrogens is 426 g/mol. The maximum Gasteiger partial charge on any atom is 0.153 e. The average Bonchev–Trinajstić information content (AvgIpc) is 2.79. The van der Waals surface area contributed by atoms with Crippen molar-refractivity contribution in [2.75, 3.05) is 13.1 Å². The molecular formula is C24H29N3O4S. The van der Waals surface area contributed by atoms with Gasteiger partial charge in [0, 0.05) is 17.5 Å². The number of phenols is 2. The molecule has 0 fully saturated rings. The van der Waals surface area contributed by atoms with Crippen LogP contribution in [0, 0.1) is 0 Å². The van der Waals surface area contributed by atoms with Crippen LogP contribution in [0.3, 0.4) is 0 Å². The van der Waals surface area contributed by atoms with Crippen LogP contribution in [0.4, 0.5) is 17.1 Å². The highest BCUT2D eigenvalue weighted by Crippen LogP contribution is 2.39. The molecule has 0 radical (unpaired) electrons. The zero-order valence-corrected chi connectivity index (χ0v) is 19.2. The van der Waals surface area contributed by atoms with Crippen molar-refractivity contribution in [3.05, 3.63) is 54.6 Å². The van der Waals surface area contributed by atoms with Crippen molar-refractivity contribution >= 4 is 39.1 Å². The summed E-state index contributed by atoms with van der Waals surface area (Å²) in [6.45, 7) is 4.93. The van der Waals surface area contributed by atoms with Crippen LogP contribution in [0.15, 0.2) is 64.8 Å². The molecule has 3 aromatic carbocycles. The molecule has 32 heavy (non-hydrogen) atoms. The smallest absolute Gasteiger partial charge is 0.153 e. The van der Waals surface area contributed by atoms with Gasteiger partial charge in [0.05, 0.1) is 13.1 Å². The maximum atomic E-state index is 12.4. The molecule has 170 valence electrons. The van der Waals surface area contributed by atoms with Gasteiger partial charge < -0.3 is 14.8 Å². The fraction of sp³-hybridized carbons (Fsp3) is 0.333. The second kappa shape index (κ2) is 10.7. The predicted molar refractivity (Wildman–Crippen MR) is 128 cm³/mol. The van der Waals surface area contributed by atoms with Crippen LogP contribution in [0.5, 0.6) is 11.5 Å². The van der Waals surface area contributed by atoms with Gasteiger partial charge in [0.15, 0.2) is 11.3 Å². The van der Waals surface area contributed by atoms with Crippen LogP contribution in [-0.4, -0.2) is 32.1 Å². The Morgan fingerprint density at radius 1 is 0.906 bits per heavy atom. The number of aromatic hydroxyl groups is 2. The predicted octanol–water partition coefficient (Wildman–Crippen LogP) is 6.37. The molecule has 1 unspecified atom stereocenters. The fourth-order valence-corrected chi connectivity index (χ4v) is 4.57. The maximum absolute atomic E-state index is 12.4. The van der Waals surface area contributed by atoms with Gasteiger partial charge in [-0.2, -0.15) is 0 Å². The molecule has 0 aliphatic rings. The second-order valence-corrected chi connectivity index (χ2v) is 8.92. The molecule has 0 bridgehead atoms. The summed E-state index contributed by atoms with van der Waals surface area (Å²) < 4.78 is 24.6. The molecule has 0 amide bonds. The molecule has 0 saturated carbocycles. The van der Waals surface area contributed by atoms with Gasteiger partial charge in [-0.05, 0) is 30.4 Å². The molecule has 0 aromatic heterocycles. The van der Waals surface area contributed by atoms with E-state index < -0.39 is 11.3 Å². The van der Waals surface area contributed by atoms with Crippen LogP contribution in [0.1, 0.15) is 39.5 Å². The highest BCUT2D eigenvalue weighted by molar-refractivity contribution is 7.78. The number of nitrogens with zero attached hydrogens (tertiary/aromatic N) is 3. The number of unbranched alkanes of at least 4 members (excludes halogenated alkanes) is 2. The van der Waals surface area contributed by atoms with Gasteiger partial charge in [-0.15, -0.1) is 10.2 Å². The van der Waals surface area contributed by atoms with Gasteiger partial charge in [-0.1, -0.05) is 57.0 Å². The van der Waals surface area contributed by atoms with Gasteiger partial charge >= 0.3 is 0 Å². The monoisotopic (exact) mass is 455 g/mol. The van der Waals surface area contributed by atoms with Gasteiger partial charge in [0.25, 0.3) is 0 Å². The van der Waals surface area contributed by atoms with E-state index >= 15 is 0 Å². The Morgan fingerprint density at radius 2 is 1.56 bits per heavy atom. The van der Waals surface area contributed by atoms with Crippen LogP contribution in [0.25, 0.3) is 10.8 Å². The SMILES string of the molecule is CCCC[N+](CCCC)(c1ccc(O)c(N=Nc2c(O)ccc3ccccc23)c1)S(=O)[O-]. The molecule has 8 heteroatoms. The molecule has 1 atom stereocenters. The third-order valence-corrected chi connectivity index (χ3v) is 6.74. The van der Waals surface area contributed by atoms with Crippen LogP contribution in [0.2, 0.25) is 0 Å². The molecule has 2 N–H and O–H groups in total. The van der Waals surface area contributed by atoms with Crippen molar-refractivity contribution in [1.29, 1.82) is 0 Å². The number of benzene rings is 3. The molecule has 0 spiro atoms. The lowest BCUT2D eigenvalue weighted by atomic mass is 10.1. The Labute approximate surface area is 191 Å². The van der Waals surface area contributed by atoms with Crippen molar-refractivity contribution in [3.63, 3.8) is 0 Å². The van der Waals surface area contributed by atoms with E-state index in [-0.39, 0.29) is 26.8 Å². The van der Waals surface area contributed by atoms with E-state index in [1.165, 1.54) is 6.07 Å². The molecule has 3 aromatic rings. The van der Waals surface area contributed by atoms with E-state index in [0.717, 1.165) is 36.5 Å². The zero-order valence-electron chi connectivity index (χ0n) is 18.4. The summed E-state index contributed by atoms with van der Waals surface area (Å²) in [6, 6.07) is 15.5. The summed E-state index contributed by atoms with van der Waals surface area (Å²) in [5, 5.41) is 30.7. The zero-order chi connectivity index (χ0) is 23.1. The van der Waals surface area contributed by atoms with Crippen LogP contribution in [-0.2, 0) is 11.3 Å². The molecule has 0 heterocycles. The number of fused-ring (bicyclic) bond motifs is 1. The molecule has 0 saturated heterocycles. The molecule has 0 aliphatic carbocycles. The van der Waals surface area contributed by atoms with Crippen LogP contribution >= 0.6 is 0 Å². The van der Waals surface area contributed by atoms with Crippen LogP contribution < -0.4 is 3.89 Å². The average molecular weight is 456 g/mol. The number of quaternary nitrogens is 1. The van der Waals surface area contributed by atoms with Crippen molar-refractivity contribution in [2.24, 2.45) is 10.2 Å². The summed E-state index contributed by atoms with van der Waals surface area (Å²) in [7, 11) is 0. The summed E-state index contributed by atoms with van der Waals surface area (Å²) in [5.41, 5.74) is 0.975. The van der Waals surface area contributed by atoms with Crippen molar-refractivity contribution in [1.82, 2.24) is 3.89 Å². The Morgan fingerprint density at radius 3 is 2.22 bits per heavy atom. The number of hydrogen-bond donors (Lipinski definition) is 2. The minimum atomic E-state index is -2.40. The van der Waals surface area contributed by atoms with E-state index in [4.69, 9.17) is 0 Å². The molecule has 7 nitrogen and oxygen atoms in total. The van der Waals surface area contributed by atoms with Crippen molar-refractivity contribution < 1.29 is 19.0 Å². The summed E-state index contributed by atoms with van der Waals surface area (Å²) in [4.78, 5) is 0. The second-order valence-electron chi connectivity index (χ2n) is 7.79. The number of azo groups is 1. The first-order valence-electron chi connectivity index (χ1n) is 10.9. The van der Waals surface area contributed by atoms with Gasteiger partial charge in [0.2, 0.25) is 0 Å². The van der Waals surface area contributed by atoms with E-state index in [1.54, 1.807) is 24.3 Å². The van der Waals surface area contributed by atoms with E-state index in [0.29, 0.717) is 18.8 Å². The first-order valence-corrected chi connectivity index (χ1v) is 11.9. The Hall–Kier alpha value is -2.81. The van der Waals surface area contributed by atoms with Crippen molar-refractivity contribution in [2.45, 2.75) is 39.5 Å². The normalized spacial score (nSPS) is 13.1. The Bertz CT molecular complexity index is 1130. The number of hydrogen-bond acceptors (Lipinski definition) is 6. The van der Waals surface area contributed by atoms with Gasteiger partial charge in [-0.3, -0.25) is 0 Å². The fourth-order valence-electron chi connectivity index (χ4n) is 3.73. The summed E-state index contributed by atoms with van der Waals surface area (Å²) in [5.74, 6) is -0.141. The van der Waals surface area contributed by atoms with Crippen molar-refractivity contribution in [3.8, 4) is 11.5 Å². The lowest BCUT2D eigenvalue weighted by molar-refractivity contribution is 0.369. The van der Waals surface area contributed by atoms with Gasteiger partial charge in [0.1, 0.15) is 28.6 Å². The largest absolute Gasteiger partial charge is 0.724 e. The van der Waals surface area contributed by atoms with E-state index in [2.05, 4.69) is 10.2 Å². The minimum Gasteiger partial charge on any atom is -0.724 e. The minimum absolute atomic E-state index is 0.0280. The lowest BCUT2D eigenvalue weighted by Gasteiger charge is -2.38. The van der Waals surface area contributed by atoms with E-state index in [9.17, 15) is 19.0 Å². The lowest BCUT2D eigenvalue weighted by Crippen LogP contribution is -2.51. The molecule has 0 aliphatic heterocycles. The third-order valence-electron chi connectivity index (χ3n) is 5.60. The summed E-state index contributed by atoms with van der Waals surface area (Å²) in [6.07, 6.45) is 3.24. The summed E-state index contributed by atoms with van der Waals surface area (Å²) >= 11 is -2.40. The number of phenolic OH excluding ortho intramolecular Hbond substituents is 2. The topological polar surface area (TPSA) is 105 Å². The van der Waals surface area contributed by atoms with E-state index in [1.807, 2.05) is 38.1 Å².